The SMILES string of the molecule is CSc1cc(C)c(C)c(C(N)CCC(=O)O)c1. The van der Waals surface area contributed by atoms with Crippen LogP contribution in [0.2, 0.25) is 0 Å². The first kappa shape index (κ1) is 14.1. The number of aliphatic carboxylic acids is 1. The molecule has 1 aromatic rings. The first-order valence-electron chi connectivity index (χ1n) is 5.58. The number of benzene rings is 1. The van der Waals surface area contributed by atoms with Gasteiger partial charge in [-0.25, -0.2) is 0 Å². The zero-order valence-electron chi connectivity index (χ0n) is 10.5. The summed E-state index contributed by atoms with van der Waals surface area (Å²) in [6.45, 7) is 4.10. The summed E-state index contributed by atoms with van der Waals surface area (Å²) in [6, 6.07) is 4.00. The standard InChI is InChI=1S/C13H19NO2S/c1-8-6-10(17-3)7-11(9(8)2)12(14)4-5-13(15)16/h6-7,12H,4-5,14H2,1-3H3,(H,15,16). The van der Waals surface area contributed by atoms with Crippen LogP contribution in [0.1, 0.15) is 35.6 Å². The third-order valence-corrected chi connectivity index (χ3v) is 3.69. The van der Waals surface area contributed by atoms with E-state index in [9.17, 15) is 4.79 Å². The third-order valence-electron chi connectivity index (χ3n) is 2.99. The molecule has 4 heteroatoms. The highest BCUT2D eigenvalue weighted by Gasteiger charge is 2.13. The lowest BCUT2D eigenvalue weighted by Gasteiger charge is -2.17. The molecule has 1 rings (SSSR count). The van der Waals surface area contributed by atoms with Crippen molar-refractivity contribution in [2.75, 3.05) is 6.26 Å². The normalized spacial score (nSPS) is 12.5. The zero-order chi connectivity index (χ0) is 13.0. The fourth-order valence-electron chi connectivity index (χ4n) is 1.79. The Hall–Kier alpha value is -1.00. The van der Waals surface area contributed by atoms with Gasteiger partial charge in [-0.15, -0.1) is 11.8 Å². The highest BCUT2D eigenvalue weighted by molar-refractivity contribution is 7.98. The topological polar surface area (TPSA) is 63.3 Å². The molecule has 0 aliphatic heterocycles. The van der Waals surface area contributed by atoms with Crippen molar-refractivity contribution in [1.29, 1.82) is 0 Å². The van der Waals surface area contributed by atoms with Crippen LogP contribution < -0.4 is 5.73 Å². The molecule has 0 fully saturated rings. The summed E-state index contributed by atoms with van der Waals surface area (Å²) in [5.74, 6) is -0.796. The molecular weight excluding hydrogens is 234 g/mol. The molecule has 0 aliphatic rings. The van der Waals surface area contributed by atoms with E-state index in [0.29, 0.717) is 6.42 Å². The molecule has 17 heavy (non-hydrogen) atoms. The maximum Gasteiger partial charge on any atom is 0.303 e. The highest BCUT2D eigenvalue weighted by atomic mass is 32.2. The minimum absolute atomic E-state index is 0.114. The van der Waals surface area contributed by atoms with Gasteiger partial charge in [0, 0.05) is 17.4 Å². The van der Waals surface area contributed by atoms with E-state index in [4.69, 9.17) is 10.8 Å². The van der Waals surface area contributed by atoms with Crippen molar-refractivity contribution in [3.63, 3.8) is 0 Å². The van der Waals surface area contributed by atoms with Crippen molar-refractivity contribution in [2.45, 2.75) is 37.6 Å². The Morgan fingerprint density at radius 2 is 2.12 bits per heavy atom. The highest BCUT2D eigenvalue weighted by Crippen LogP contribution is 2.27. The first-order valence-corrected chi connectivity index (χ1v) is 6.80. The van der Waals surface area contributed by atoms with Gasteiger partial charge in [0.15, 0.2) is 0 Å². The summed E-state index contributed by atoms with van der Waals surface area (Å²) in [5, 5.41) is 8.67. The fourth-order valence-corrected chi connectivity index (χ4v) is 2.33. The number of carboxylic acid groups (broad SMARTS) is 1. The number of carboxylic acids is 1. The number of rotatable bonds is 5. The molecule has 0 radical (unpaired) electrons. The molecule has 3 nitrogen and oxygen atoms in total. The average Bonchev–Trinajstić information content (AvgIpc) is 2.29. The molecule has 0 amide bonds. The van der Waals surface area contributed by atoms with Gasteiger partial charge in [0.1, 0.15) is 0 Å². The Bertz CT molecular complexity index is 418. The van der Waals surface area contributed by atoms with Crippen molar-refractivity contribution < 1.29 is 9.90 Å². The number of thioether (sulfide) groups is 1. The number of aryl methyl sites for hydroxylation is 1. The van der Waals surface area contributed by atoms with Gasteiger partial charge in [-0.05, 0) is 55.3 Å². The van der Waals surface area contributed by atoms with E-state index in [1.54, 1.807) is 11.8 Å². The van der Waals surface area contributed by atoms with Crippen molar-refractivity contribution in [3.05, 3.63) is 28.8 Å². The van der Waals surface area contributed by atoms with Crippen LogP contribution in [0.3, 0.4) is 0 Å². The van der Waals surface area contributed by atoms with Crippen LogP contribution in [0.5, 0.6) is 0 Å². The predicted octanol–water partition coefficient (Wildman–Crippen LogP) is 2.89. The van der Waals surface area contributed by atoms with E-state index in [1.165, 1.54) is 16.0 Å². The van der Waals surface area contributed by atoms with Gasteiger partial charge in [0.25, 0.3) is 0 Å². The van der Waals surface area contributed by atoms with E-state index in [-0.39, 0.29) is 12.5 Å². The lowest BCUT2D eigenvalue weighted by atomic mass is 9.95. The lowest BCUT2D eigenvalue weighted by Crippen LogP contribution is -2.14. The van der Waals surface area contributed by atoms with Crippen LogP contribution >= 0.6 is 11.8 Å². The van der Waals surface area contributed by atoms with Crippen LogP contribution in [0.4, 0.5) is 0 Å². The molecule has 0 aromatic heterocycles. The van der Waals surface area contributed by atoms with Gasteiger partial charge in [0.05, 0.1) is 0 Å². The first-order chi connectivity index (χ1) is 7.95. The summed E-state index contributed by atoms with van der Waals surface area (Å²) in [6.07, 6.45) is 2.62. The van der Waals surface area contributed by atoms with Crippen LogP contribution in [0.25, 0.3) is 0 Å². The Labute approximate surface area is 106 Å². The van der Waals surface area contributed by atoms with E-state index in [0.717, 1.165) is 5.56 Å². The predicted molar refractivity (Wildman–Crippen MR) is 71.5 cm³/mol. The van der Waals surface area contributed by atoms with Gasteiger partial charge in [0.2, 0.25) is 0 Å². The Morgan fingerprint density at radius 1 is 1.47 bits per heavy atom. The number of hydrogen-bond donors (Lipinski definition) is 2. The molecule has 1 atom stereocenters. The van der Waals surface area contributed by atoms with E-state index >= 15 is 0 Å². The molecule has 3 N–H and O–H groups in total. The molecule has 94 valence electrons. The molecule has 0 saturated heterocycles. The molecule has 0 spiro atoms. The number of carbonyl (C=O) groups is 1. The summed E-state index contributed by atoms with van der Waals surface area (Å²) in [4.78, 5) is 11.7. The molecule has 0 heterocycles. The van der Waals surface area contributed by atoms with Gasteiger partial charge in [-0.3, -0.25) is 4.79 Å². The molecule has 0 saturated carbocycles. The van der Waals surface area contributed by atoms with E-state index < -0.39 is 5.97 Å². The summed E-state index contributed by atoms with van der Waals surface area (Å²) in [7, 11) is 0. The fraction of sp³-hybridized carbons (Fsp3) is 0.462. The van der Waals surface area contributed by atoms with Crippen molar-refractivity contribution >= 4 is 17.7 Å². The molecule has 0 bridgehead atoms. The second-order valence-corrected chi connectivity index (χ2v) is 5.08. The van der Waals surface area contributed by atoms with Crippen LogP contribution in [0, 0.1) is 13.8 Å². The average molecular weight is 253 g/mol. The second kappa shape index (κ2) is 6.07. The minimum Gasteiger partial charge on any atom is -0.481 e. The smallest absolute Gasteiger partial charge is 0.303 e. The van der Waals surface area contributed by atoms with Gasteiger partial charge in [-0.2, -0.15) is 0 Å². The number of hydrogen-bond acceptors (Lipinski definition) is 3. The van der Waals surface area contributed by atoms with Crippen molar-refractivity contribution in [3.8, 4) is 0 Å². The van der Waals surface area contributed by atoms with Crippen molar-refractivity contribution in [1.82, 2.24) is 0 Å². The zero-order valence-corrected chi connectivity index (χ0v) is 11.3. The Morgan fingerprint density at radius 3 is 2.65 bits per heavy atom. The largest absolute Gasteiger partial charge is 0.481 e. The molecular formula is C13H19NO2S. The summed E-state index contributed by atoms with van der Waals surface area (Å²) in [5.41, 5.74) is 9.50. The van der Waals surface area contributed by atoms with Crippen LogP contribution in [-0.2, 0) is 4.79 Å². The quantitative estimate of drug-likeness (QED) is 0.792. The van der Waals surface area contributed by atoms with Crippen LogP contribution in [-0.4, -0.2) is 17.3 Å². The van der Waals surface area contributed by atoms with Crippen molar-refractivity contribution in [2.24, 2.45) is 5.73 Å². The van der Waals surface area contributed by atoms with Gasteiger partial charge in [-0.1, -0.05) is 0 Å². The summed E-state index contributed by atoms with van der Waals surface area (Å²) < 4.78 is 0. The maximum absolute atomic E-state index is 10.6. The molecule has 1 aromatic carbocycles. The Balaban J connectivity index is 2.95. The van der Waals surface area contributed by atoms with E-state index in [1.807, 2.05) is 13.2 Å². The second-order valence-electron chi connectivity index (χ2n) is 4.20. The monoisotopic (exact) mass is 253 g/mol. The van der Waals surface area contributed by atoms with E-state index in [2.05, 4.69) is 19.1 Å². The molecule has 0 aliphatic carbocycles. The molecule has 1 unspecified atom stereocenters. The minimum atomic E-state index is -0.796. The third kappa shape index (κ3) is 3.75. The summed E-state index contributed by atoms with van der Waals surface area (Å²) >= 11 is 1.68. The van der Waals surface area contributed by atoms with Crippen LogP contribution in [0.15, 0.2) is 17.0 Å². The van der Waals surface area contributed by atoms with Gasteiger partial charge < -0.3 is 10.8 Å². The Kier molecular flexibility index (Phi) is 5.02. The lowest BCUT2D eigenvalue weighted by molar-refractivity contribution is -0.137. The number of nitrogens with two attached hydrogens (primary N) is 1. The van der Waals surface area contributed by atoms with Gasteiger partial charge >= 0.3 is 5.97 Å². The maximum atomic E-state index is 10.6.